The first-order valence-electron chi connectivity index (χ1n) is 5.37. The third-order valence-electron chi connectivity index (χ3n) is 2.96. The van der Waals surface area contributed by atoms with Gasteiger partial charge in [-0.15, -0.1) is 5.10 Å². The summed E-state index contributed by atoms with van der Waals surface area (Å²) in [5, 5.41) is 16.4. The van der Waals surface area contributed by atoms with Gasteiger partial charge in [-0.2, -0.15) is 0 Å². The summed E-state index contributed by atoms with van der Waals surface area (Å²) in [5.41, 5.74) is 1.11. The van der Waals surface area contributed by atoms with Crippen LogP contribution in [-0.4, -0.2) is 26.1 Å². The minimum atomic E-state index is -0.789. The molecule has 0 bridgehead atoms. The fourth-order valence-electron chi connectivity index (χ4n) is 2.18. The lowest BCUT2D eigenvalue weighted by Crippen LogP contribution is -2.11. The molecule has 5 heteroatoms. The summed E-state index contributed by atoms with van der Waals surface area (Å²) in [4.78, 5) is 10.5. The van der Waals surface area contributed by atoms with Gasteiger partial charge in [0.15, 0.2) is 0 Å². The van der Waals surface area contributed by atoms with E-state index in [-0.39, 0.29) is 6.42 Å². The highest BCUT2D eigenvalue weighted by Crippen LogP contribution is 2.33. The molecule has 0 aliphatic heterocycles. The number of hydrogen-bond acceptors (Lipinski definition) is 3. The van der Waals surface area contributed by atoms with Crippen LogP contribution in [0.2, 0.25) is 0 Å². The minimum Gasteiger partial charge on any atom is -0.481 e. The molecule has 15 heavy (non-hydrogen) atoms. The lowest BCUT2D eigenvalue weighted by atomic mass is 10.1. The second-order valence-corrected chi connectivity index (χ2v) is 4.01. The molecule has 0 atom stereocenters. The van der Waals surface area contributed by atoms with Gasteiger partial charge in [-0.05, 0) is 12.8 Å². The molecule has 0 amide bonds. The quantitative estimate of drug-likeness (QED) is 0.814. The van der Waals surface area contributed by atoms with E-state index in [0.717, 1.165) is 5.69 Å². The number of aromatic nitrogens is 3. The van der Waals surface area contributed by atoms with Gasteiger partial charge >= 0.3 is 5.97 Å². The van der Waals surface area contributed by atoms with Crippen LogP contribution >= 0.6 is 0 Å². The van der Waals surface area contributed by atoms with Crippen molar-refractivity contribution in [2.75, 3.05) is 0 Å². The molecule has 0 radical (unpaired) electrons. The second kappa shape index (κ2) is 4.42. The molecule has 0 saturated heterocycles. The van der Waals surface area contributed by atoms with Crippen LogP contribution in [0.5, 0.6) is 0 Å². The van der Waals surface area contributed by atoms with Gasteiger partial charge in [0.25, 0.3) is 0 Å². The molecule has 1 aliphatic carbocycles. The summed E-state index contributed by atoms with van der Waals surface area (Å²) in [6.07, 6.45) is 6.77. The van der Waals surface area contributed by atoms with E-state index in [1.807, 2.05) is 0 Å². The number of hydrogen-bond donors (Lipinski definition) is 1. The molecule has 1 aromatic rings. The van der Waals surface area contributed by atoms with Crippen molar-refractivity contribution in [2.45, 2.75) is 44.6 Å². The monoisotopic (exact) mass is 209 g/mol. The maximum Gasteiger partial charge on any atom is 0.305 e. The van der Waals surface area contributed by atoms with Gasteiger partial charge in [0.2, 0.25) is 0 Å². The zero-order valence-corrected chi connectivity index (χ0v) is 8.59. The number of carbonyl (C=O) groups is 1. The number of aryl methyl sites for hydroxylation is 1. The van der Waals surface area contributed by atoms with E-state index in [1.165, 1.54) is 25.7 Å². The van der Waals surface area contributed by atoms with Gasteiger partial charge in [-0.3, -0.25) is 4.79 Å². The summed E-state index contributed by atoms with van der Waals surface area (Å²) >= 11 is 0. The molecule has 1 saturated carbocycles. The normalized spacial score (nSPS) is 17.1. The Balaban J connectivity index is 2.04. The molecule has 2 rings (SSSR count). The SMILES string of the molecule is O=C(O)CCn1nncc1C1CCCC1. The molecule has 1 N–H and O–H groups in total. The smallest absolute Gasteiger partial charge is 0.305 e. The van der Waals surface area contributed by atoms with Crippen LogP contribution < -0.4 is 0 Å². The van der Waals surface area contributed by atoms with Crippen molar-refractivity contribution in [2.24, 2.45) is 0 Å². The van der Waals surface area contributed by atoms with Crippen LogP contribution in [0.15, 0.2) is 6.20 Å². The Morgan fingerprint density at radius 2 is 2.27 bits per heavy atom. The van der Waals surface area contributed by atoms with Crippen LogP contribution in [-0.2, 0) is 11.3 Å². The van der Waals surface area contributed by atoms with Crippen molar-refractivity contribution in [1.82, 2.24) is 15.0 Å². The summed E-state index contributed by atoms with van der Waals surface area (Å²) < 4.78 is 1.74. The van der Waals surface area contributed by atoms with E-state index < -0.39 is 5.97 Å². The first-order valence-corrected chi connectivity index (χ1v) is 5.37. The Morgan fingerprint density at radius 3 is 2.93 bits per heavy atom. The van der Waals surface area contributed by atoms with E-state index in [0.29, 0.717) is 12.5 Å². The van der Waals surface area contributed by atoms with Gasteiger partial charge in [-0.25, -0.2) is 4.68 Å². The molecular formula is C10H15N3O2. The molecule has 0 unspecified atom stereocenters. The molecule has 1 aromatic heterocycles. The van der Waals surface area contributed by atoms with Crippen LogP contribution in [0.4, 0.5) is 0 Å². The predicted octanol–water partition coefficient (Wildman–Crippen LogP) is 1.41. The molecule has 1 fully saturated rings. The zero-order valence-electron chi connectivity index (χ0n) is 8.59. The molecule has 82 valence electrons. The van der Waals surface area contributed by atoms with Crippen LogP contribution in [0.25, 0.3) is 0 Å². The number of carboxylic acids is 1. The maximum atomic E-state index is 10.5. The standard InChI is InChI=1S/C10H15N3O2/c14-10(15)5-6-13-9(7-11-12-13)8-3-1-2-4-8/h7-8H,1-6H2,(H,14,15). The molecular weight excluding hydrogens is 194 g/mol. The Morgan fingerprint density at radius 1 is 1.53 bits per heavy atom. The Hall–Kier alpha value is -1.39. The molecule has 1 heterocycles. The van der Waals surface area contributed by atoms with Gasteiger partial charge in [-0.1, -0.05) is 18.1 Å². The second-order valence-electron chi connectivity index (χ2n) is 4.01. The van der Waals surface area contributed by atoms with Crippen molar-refractivity contribution < 1.29 is 9.90 Å². The number of nitrogens with zero attached hydrogens (tertiary/aromatic N) is 3. The van der Waals surface area contributed by atoms with Crippen molar-refractivity contribution in [3.8, 4) is 0 Å². The average Bonchev–Trinajstić information content (AvgIpc) is 2.85. The van der Waals surface area contributed by atoms with Gasteiger partial charge in [0.1, 0.15) is 0 Å². The fraction of sp³-hybridized carbons (Fsp3) is 0.700. The molecule has 1 aliphatic rings. The van der Waals surface area contributed by atoms with Crippen molar-refractivity contribution in [1.29, 1.82) is 0 Å². The maximum absolute atomic E-state index is 10.5. The highest BCUT2D eigenvalue weighted by atomic mass is 16.4. The first-order chi connectivity index (χ1) is 7.27. The van der Waals surface area contributed by atoms with Crippen LogP contribution in [0.1, 0.15) is 43.7 Å². The van der Waals surface area contributed by atoms with Crippen molar-refractivity contribution >= 4 is 5.97 Å². The minimum absolute atomic E-state index is 0.114. The fourth-order valence-corrected chi connectivity index (χ4v) is 2.18. The largest absolute Gasteiger partial charge is 0.481 e. The highest BCUT2D eigenvalue weighted by Gasteiger charge is 2.21. The Labute approximate surface area is 88.1 Å². The average molecular weight is 209 g/mol. The topological polar surface area (TPSA) is 68.0 Å². The van der Waals surface area contributed by atoms with Crippen molar-refractivity contribution in [3.63, 3.8) is 0 Å². The molecule has 0 aromatic carbocycles. The first kappa shape index (κ1) is 10.1. The van der Waals surface area contributed by atoms with E-state index >= 15 is 0 Å². The van der Waals surface area contributed by atoms with E-state index in [2.05, 4.69) is 10.3 Å². The van der Waals surface area contributed by atoms with E-state index in [9.17, 15) is 4.79 Å². The summed E-state index contributed by atoms with van der Waals surface area (Å²) in [6.45, 7) is 0.432. The highest BCUT2D eigenvalue weighted by molar-refractivity contribution is 5.66. The van der Waals surface area contributed by atoms with E-state index in [1.54, 1.807) is 10.9 Å². The summed E-state index contributed by atoms with van der Waals surface area (Å²) in [7, 11) is 0. The predicted molar refractivity (Wildman–Crippen MR) is 53.5 cm³/mol. The van der Waals surface area contributed by atoms with Gasteiger partial charge in [0, 0.05) is 5.92 Å². The zero-order chi connectivity index (χ0) is 10.7. The number of rotatable bonds is 4. The molecule has 5 nitrogen and oxygen atoms in total. The van der Waals surface area contributed by atoms with Crippen LogP contribution in [0, 0.1) is 0 Å². The van der Waals surface area contributed by atoms with Crippen molar-refractivity contribution in [3.05, 3.63) is 11.9 Å². The summed E-state index contributed by atoms with van der Waals surface area (Å²) in [5.74, 6) is -0.253. The third-order valence-corrected chi connectivity index (χ3v) is 2.96. The van der Waals surface area contributed by atoms with Gasteiger partial charge in [0.05, 0.1) is 24.9 Å². The molecule has 0 spiro atoms. The third kappa shape index (κ3) is 2.34. The van der Waals surface area contributed by atoms with Crippen LogP contribution in [0.3, 0.4) is 0 Å². The summed E-state index contributed by atoms with van der Waals surface area (Å²) in [6, 6.07) is 0. The lowest BCUT2D eigenvalue weighted by molar-refractivity contribution is -0.137. The Bertz CT molecular complexity index is 342. The lowest BCUT2D eigenvalue weighted by Gasteiger charge is -2.10. The number of aliphatic carboxylic acids is 1. The van der Waals surface area contributed by atoms with Gasteiger partial charge < -0.3 is 5.11 Å². The van der Waals surface area contributed by atoms with E-state index in [4.69, 9.17) is 5.11 Å². The Kier molecular flexibility index (Phi) is 2.99. The number of carboxylic acid groups (broad SMARTS) is 1.